The molecule has 0 radical (unpaired) electrons. The standard InChI is InChI=1S/C25H23F6NO2S2/c1-2-3-4-5-10-35-23-21-20(33-8-9-34-21)22(36-23)15-6-7-32-19(13-15)16-11-17(24(26,27)28)14-18(12-16)25(29,30)31/h6-7,11-14H,2-5,8-10H2,1H3. The first-order valence-corrected chi connectivity index (χ1v) is 13.2. The van der Waals surface area contributed by atoms with Crippen LogP contribution in [-0.4, -0.2) is 24.0 Å². The molecule has 0 fully saturated rings. The predicted molar refractivity (Wildman–Crippen MR) is 129 cm³/mol. The van der Waals surface area contributed by atoms with Gasteiger partial charge in [0, 0.05) is 11.8 Å². The minimum absolute atomic E-state index is 0.00301. The second-order valence-electron chi connectivity index (χ2n) is 8.21. The first kappa shape index (κ1) is 26.7. The summed E-state index contributed by atoms with van der Waals surface area (Å²) in [6, 6.07) is 4.61. The molecule has 36 heavy (non-hydrogen) atoms. The molecule has 2 aromatic heterocycles. The summed E-state index contributed by atoms with van der Waals surface area (Å²) >= 11 is 3.09. The molecule has 3 nitrogen and oxygen atoms in total. The second-order valence-corrected chi connectivity index (χ2v) is 10.6. The molecule has 0 saturated heterocycles. The lowest BCUT2D eigenvalue weighted by Crippen LogP contribution is -2.14. The van der Waals surface area contributed by atoms with Gasteiger partial charge in [-0.15, -0.1) is 23.1 Å². The van der Waals surface area contributed by atoms with E-state index in [2.05, 4.69) is 11.9 Å². The number of nitrogens with zero attached hydrogens (tertiary/aromatic N) is 1. The van der Waals surface area contributed by atoms with Crippen molar-refractivity contribution in [1.29, 1.82) is 0 Å². The molecule has 194 valence electrons. The average Bonchev–Trinajstić information content (AvgIpc) is 3.21. The van der Waals surface area contributed by atoms with Crippen LogP contribution in [-0.2, 0) is 12.4 Å². The van der Waals surface area contributed by atoms with E-state index in [-0.39, 0.29) is 17.3 Å². The summed E-state index contributed by atoms with van der Waals surface area (Å²) in [6.45, 7) is 2.89. The molecule has 1 aliphatic heterocycles. The van der Waals surface area contributed by atoms with Gasteiger partial charge in [0.1, 0.15) is 17.4 Å². The Morgan fingerprint density at radius 3 is 2.17 bits per heavy atom. The fraction of sp³-hybridized carbons (Fsp3) is 0.400. The van der Waals surface area contributed by atoms with E-state index in [1.54, 1.807) is 17.8 Å². The lowest BCUT2D eigenvalue weighted by atomic mass is 10.0. The van der Waals surface area contributed by atoms with Crippen LogP contribution in [0.4, 0.5) is 26.3 Å². The van der Waals surface area contributed by atoms with Crippen molar-refractivity contribution in [2.24, 2.45) is 0 Å². The number of halogens is 6. The van der Waals surface area contributed by atoms with E-state index in [0.717, 1.165) is 29.2 Å². The van der Waals surface area contributed by atoms with Crippen molar-refractivity contribution in [3.8, 4) is 33.2 Å². The molecular formula is C25H23F6NO2S2. The maximum absolute atomic E-state index is 13.3. The Hall–Kier alpha value is -2.40. The van der Waals surface area contributed by atoms with Crippen LogP contribution >= 0.6 is 23.1 Å². The monoisotopic (exact) mass is 547 g/mol. The van der Waals surface area contributed by atoms with E-state index >= 15 is 0 Å². The lowest BCUT2D eigenvalue weighted by molar-refractivity contribution is -0.143. The number of pyridine rings is 1. The highest BCUT2D eigenvalue weighted by Gasteiger charge is 2.37. The van der Waals surface area contributed by atoms with Crippen molar-refractivity contribution in [3.05, 3.63) is 47.7 Å². The van der Waals surface area contributed by atoms with Crippen LogP contribution in [0.15, 0.2) is 40.7 Å². The molecule has 4 rings (SSSR count). The van der Waals surface area contributed by atoms with Gasteiger partial charge in [-0.2, -0.15) is 26.3 Å². The molecule has 0 amide bonds. The molecule has 0 unspecified atom stereocenters. The van der Waals surface area contributed by atoms with Crippen LogP contribution in [0, 0.1) is 0 Å². The zero-order valence-corrected chi connectivity index (χ0v) is 20.9. The van der Waals surface area contributed by atoms with Crippen LogP contribution in [0.25, 0.3) is 21.7 Å². The van der Waals surface area contributed by atoms with Gasteiger partial charge in [0.15, 0.2) is 11.5 Å². The van der Waals surface area contributed by atoms with Gasteiger partial charge >= 0.3 is 12.4 Å². The number of alkyl halides is 6. The number of hydrogen-bond acceptors (Lipinski definition) is 5. The Kier molecular flexibility index (Phi) is 8.09. The number of unbranched alkanes of at least 4 members (excludes halogenated alkanes) is 3. The second kappa shape index (κ2) is 10.9. The molecule has 0 spiro atoms. The molecule has 0 saturated carbocycles. The summed E-state index contributed by atoms with van der Waals surface area (Å²) in [7, 11) is 0. The number of thiophene rings is 1. The zero-order chi connectivity index (χ0) is 25.9. The van der Waals surface area contributed by atoms with Crippen molar-refractivity contribution in [3.63, 3.8) is 0 Å². The number of ether oxygens (including phenoxy) is 2. The fourth-order valence-corrected chi connectivity index (χ4v) is 6.21. The third-order valence-corrected chi connectivity index (χ3v) is 8.05. The maximum atomic E-state index is 13.3. The first-order valence-electron chi connectivity index (χ1n) is 11.4. The molecule has 0 bridgehead atoms. The van der Waals surface area contributed by atoms with Gasteiger partial charge in [0.25, 0.3) is 0 Å². The number of thioether (sulfide) groups is 1. The Labute approximate surface area is 212 Å². The molecule has 0 N–H and O–H groups in total. The maximum Gasteiger partial charge on any atom is 0.416 e. The normalized spacial score (nSPS) is 13.8. The van der Waals surface area contributed by atoms with Crippen molar-refractivity contribution in [2.75, 3.05) is 19.0 Å². The highest BCUT2D eigenvalue weighted by Crippen LogP contribution is 2.53. The largest absolute Gasteiger partial charge is 0.485 e. The summed E-state index contributed by atoms with van der Waals surface area (Å²) in [4.78, 5) is 4.77. The van der Waals surface area contributed by atoms with Crippen LogP contribution in [0.2, 0.25) is 0 Å². The van der Waals surface area contributed by atoms with E-state index in [1.165, 1.54) is 30.0 Å². The van der Waals surface area contributed by atoms with Crippen molar-refractivity contribution >= 4 is 23.1 Å². The summed E-state index contributed by atoms with van der Waals surface area (Å²) < 4.78 is 92.7. The first-order chi connectivity index (χ1) is 17.1. The smallest absolute Gasteiger partial charge is 0.416 e. The number of benzene rings is 1. The highest BCUT2D eigenvalue weighted by molar-refractivity contribution is 8.01. The molecule has 1 aromatic carbocycles. The van der Waals surface area contributed by atoms with E-state index in [4.69, 9.17) is 9.47 Å². The summed E-state index contributed by atoms with van der Waals surface area (Å²) in [6.07, 6.45) is -4.01. The van der Waals surface area contributed by atoms with Gasteiger partial charge in [-0.1, -0.05) is 26.2 Å². The van der Waals surface area contributed by atoms with Gasteiger partial charge < -0.3 is 9.47 Å². The van der Waals surface area contributed by atoms with E-state index in [1.807, 2.05) is 0 Å². The zero-order valence-electron chi connectivity index (χ0n) is 19.3. The molecule has 0 atom stereocenters. The highest BCUT2D eigenvalue weighted by atomic mass is 32.2. The van der Waals surface area contributed by atoms with Gasteiger partial charge in [-0.3, -0.25) is 4.98 Å². The van der Waals surface area contributed by atoms with E-state index < -0.39 is 23.5 Å². The van der Waals surface area contributed by atoms with Crippen LogP contribution in [0.3, 0.4) is 0 Å². The predicted octanol–water partition coefficient (Wildman–Crippen LogP) is 8.96. The van der Waals surface area contributed by atoms with Crippen molar-refractivity contribution in [2.45, 2.75) is 49.2 Å². The number of aromatic nitrogens is 1. The molecule has 3 heterocycles. The molecule has 1 aliphatic rings. The van der Waals surface area contributed by atoms with Crippen LogP contribution in [0.5, 0.6) is 11.5 Å². The van der Waals surface area contributed by atoms with Crippen molar-refractivity contribution in [1.82, 2.24) is 4.98 Å². The Bertz CT molecular complexity index is 1170. The molecule has 0 aliphatic carbocycles. The third kappa shape index (κ3) is 6.11. The lowest BCUT2D eigenvalue weighted by Gasteiger charge is -2.17. The number of fused-ring (bicyclic) bond motifs is 1. The van der Waals surface area contributed by atoms with Gasteiger partial charge in [0.05, 0.1) is 21.7 Å². The minimum atomic E-state index is -4.94. The quantitative estimate of drug-likeness (QED) is 0.160. The minimum Gasteiger partial charge on any atom is -0.485 e. The van der Waals surface area contributed by atoms with Crippen molar-refractivity contribution < 1.29 is 35.8 Å². The Morgan fingerprint density at radius 1 is 0.861 bits per heavy atom. The van der Waals surface area contributed by atoms with Crippen LogP contribution in [0.1, 0.15) is 43.7 Å². The van der Waals surface area contributed by atoms with E-state index in [9.17, 15) is 26.3 Å². The summed E-state index contributed by atoms with van der Waals surface area (Å²) in [5.74, 6) is 2.08. The van der Waals surface area contributed by atoms with E-state index in [0.29, 0.717) is 47.3 Å². The summed E-state index contributed by atoms with van der Waals surface area (Å²) in [5, 5.41) is 0. The average molecular weight is 548 g/mol. The topological polar surface area (TPSA) is 31.4 Å². The Morgan fingerprint density at radius 2 is 1.53 bits per heavy atom. The number of hydrogen-bond donors (Lipinski definition) is 0. The third-order valence-electron chi connectivity index (χ3n) is 5.51. The Balaban J connectivity index is 1.71. The van der Waals surface area contributed by atoms with Gasteiger partial charge in [-0.25, -0.2) is 0 Å². The summed E-state index contributed by atoms with van der Waals surface area (Å²) in [5.41, 5.74) is -2.46. The molecular weight excluding hydrogens is 524 g/mol. The van der Waals surface area contributed by atoms with Crippen LogP contribution < -0.4 is 9.47 Å². The SMILES string of the molecule is CCCCCCSc1sc(-c2ccnc(-c3cc(C(F)(F)F)cc(C(F)(F)F)c3)c2)c2c1OCCO2. The van der Waals surface area contributed by atoms with Gasteiger partial charge in [0.2, 0.25) is 0 Å². The number of rotatable bonds is 8. The fourth-order valence-electron chi connectivity index (χ4n) is 3.74. The molecule has 11 heteroatoms. The molecule has 3 aromatic rings. The van der Waals surface area contributed by atoms with Gasteiger partial charge in [-0.05, 0) is 48.1 Å².